The van der Waals surface area contributed by atoms with E-state index in [1.165, 1.54) is 0 Å². The van der Waals surface area contributed by atoms with E-state index in [1.807, 2.05) is 92.7 Å². The van der Waals surface area contributed by atoms with E-state index >= 15 is 0 Å². The number of fused-ring (bicyclic) bond motifs is 3. The third-order valence-corrected chi connectivity index (χ3v) is 8.12. The molecule has 3 atom stereocenters. The molecule has 1 fully saturated rings. The molecule has 3 aromatic carbocycles. The first-order valence-corrected chi connectivity index (χ1v) is 13.5. The van der Waals surface area contributed by atoms with Gasteiger partial charge in [0.25, 0.3) is 0 Å². The maximum atomic E-state index is 13.1. The molecule has 0 heterocycles. The number of rotatable bonds is 10. The van der Waals surface area contributed by atoms with Crippen LogP contribution in [0.2, 0.25) is 0 Å². The molecule has 2 amide bonds. The molecule has 0 spiro atoms. The molecular formula is C32H34N2O6. The van der Waals surface area contributed by atoms with Gasteiger partial charge in [0.05, 0.1) is 19.1 Å². The first kappa shape index (κ1) is 27.4. The predicted octanol–water partition coefficient (Wildman–Crippen LogP) is 4.87. The Hall–Kier alpha value is -4.17. The van der Waals surface area contributed by atoms with E-state index in [9.17, 15) is 19.5 Å². The summed E-state index contributed by atoms with van der Waals surface area (Å²) in [6.45, 7) is 4.54. The predicted molar refractivity (Wildman–Crippen MR) is 150 cm³/mol. The minimum absolute atomic E-state index is 0.0639. The Morgan fingerprint density at radius 2 is 1.52 bits per heavy atom. The van der Waals surface area contributed by atoms with Gasteiger partial charge in [0.15, 0.2) is 0 Å². The second-order valence-corrected chi connectivity index (χ2v) is 11.0. The molecule has 8 nitrogen and oxygen atoms in total. The molecule has 8 heteroatoms. The lowest BCUT2D eigenvalue weighted by atomic mass is 9.64. The number of aliphatic carboxylic acids is 1. The van der Waals surface area contributed by atoms with Crippen LogP contribution in [0.1, 0.15) is 49.3 Å². The number of hydrogen-bond acceptors (Lipinski definition) is 5. The SMILES string of the molecule is CC1(C)C(NC(=O)C(CC(=O)O)NC(=O)OCC2c3ccccc3-c3ccccc32)CC1OCc1ccccc1. The van der Waals surface area contributed by atoms with E-state index in [4.69, 9.17) is 9.47 Å². The average Bonchev–Trinajstić information content (AvgIpc) is 3.27. The highest BCUT2D eigenvalue weighted by molar-refractivity contribution is 5.89. The van der Waals surface area contributed by atoms with Gasteiger partial charge >= 0.3 is 12.1 Å². The third-order valence-electron chi connectivity index (χ3n) is 8.12. The smallest absolute Gasteiger partial charge is 0.407 e. The summed E-state index contributed by atoms with van der Waals surface area (Å²) in [7, 11) is 0. The van der Waals surface area contributed by atoms with Crippen LogP contribution in [0.25, 0.3) is 11.1 Å². The Kier molecular flexibility index (Phi) is 7.89. The van der Waals surface area contributed by atoms with Crippen LogP contribution in [0.5, 0.6) is 0 Å². The van der Waals surface area contributed by atoms with Gasteiger partial charge in [0.2, 0.25) is 5.91 Å². The largest absolute Gasteiger partial charge is 0.481 e. The monoisotopic (exact) mass is 542 g/mol. The van der Waals surface area contributed by atoms with E-state index in [0.717, 1.165) is 27.8 Å². The molecule has 0 radical (unpaired) electrons. The lowest BCUT2D eigenvalue weighted by Gasteiger charge is -2.51. The molecule has 0 bridgehead atoms. The molecule has 3 N–H and O–H groups in total. The zero-order valence-corrected chi connectivity index (χ0v) is 22.6. The number of carbonyl (C=O) groups is 3. The van der Waals surface area contributed by atoms with Gasteiger partial charge in [-0.05, 0) is 34.2 Å². The van der Waals surface area contributed by atoms with E-state index < -0.39 is 30.4 Å². The third kappa shape index (κ3) is 5.72. The highest BCUT2D eigenvalue weighted by Crippen LogP contribution is 2.45. The number of carboxylic acids is 1. The first-order valence-electron chi connectivity index (χ1n) is 13.5. The van der Waals surface area contributed by atoms with E-state index in [0.29, 0.717) is 13.0 Å². The number of hydrogen-bond donors (Lipinski definition) is 3. The van der Waals surface area contributed by atoms with Gasteiger partial charge in [0.1, 0.15) is 12.6 Å². The Morgan fingerprint density at radius 3 is 2.12 bits per heavy atom. The zero-order valence-electron chi connectivity index (χ0n) is 22.6. The fourth-order valence-electron chi connectivity index (χ4n) is 5.62. The first-order chi connectivity index (χ1) is 19.2. The summed E-state index contributed by atoms with van der Waals surface area (Å²) in [4.78, 5) is 37.4. The topological polar surface area (TPSA) is 114 Å². The Bertz CT molecular complexity index is 1340. The van der Waals surface area contributed by atoms with Crippen molar-refractivity contribution in [1.29, 1.82) is 0 Å². The number of carboxylic acid groups (broad SMARTS) is 1. The molecule has 3 aromatic rings. The second kappa shape index (κ2) is 11.5. The van der Waals surface area contributed by atoms with Gasteiger partial charge < -0.3 is 25.2 Å². The van der Waals surface area contributed by atoms with E-state index in [2.05, 4.69) is 10.6 Å². The number of nitrogens with one attached hydrogen (secondary N) is 2. The number of benzene rings is 3. The normalized spacial score (nSPS) is 19.4. The standard InChI is InChI=1S/C32H34N2O6/c1-32(2)27(17-28(32)39-18-20-10-4-3-5-11-20)34-30(37)26(16-29(35)36)33-31(38)40-19-25-23-14-8-6-12-21(23)22-13-7-9-15-24(22)25/h3-15,25-28H,16-19H2,1-2H3,(H,33,38)(H,34,37)(H,35,36). The summed E-state index contributed by atoms with van der Waals surface area (Å²) in [5.41, 5.74) is 5.04. The van der Waals surface area contributed by atoms with Gasteiger partial charge in [-0.1, -0.05) is 92.7 Å². The summed E-state index contributed by atoms with van der Waals surface area (Å²) >= 11 is 0. The Morgan fingerprint density at radius 1 is 0.925 bits per heavy atom. The maximum absolute atomic E-state index is 13.1. The van der Waals surface area contributed by atoms with Crippen molar-refractivity contribution >= 4 is 18.0 Å². The zero-order chi connectivity index (χ0) is 28.3. The molecule has 2 aliphatic carbocycles. The fourth-order valence-corrected chi connectivity index (χ4v) is 5.62. The molecular weight excluding hydrogens is 508 g/mol. The number of carbonyl (C=O) groups excluding carboxylic acids is 2. The minimum atomic E-state index is -1.27. The number of ether oxygens (including phenoxy) is 2. The summed E-state index contributed by atoms with van der Waals surface area (Å²) in [6, 6.07) is 24.3. The maximum Gasteiger partial charge on any atom is 0.407 e. The van der Waals surface area contributed by atoms with Crippen molar-refractivity contribution in [2.45, 2.75) is 57.4 Å². The van der Waals surface area contributed by atoms with Crippen LogP contribution in [0.3, 0.4) is 0 Å². The lowest BCUT2D eigenvalue weighted by molar-refractivity contribution is -0.145. The van der Waals surface area contributed by atoms with Crippen molar-refractivity contribution in [3.05, 3.63) is 95.6 Å². The quantitative estimate of drug-likeness (QED) is 0.337. The van der Waals surface area contributed by atoms with Crippen molar-refractivity contribution in [2.75, 3.05) is 6.61 Å². The second-order valence-electron chi connectivity index (χ2n) is 11.0. The molecule has 0 aliphatic heterocycles. The molecule has 2 aliphatic rings. The Balaban J connectivity index is 1.16. The van der Waals surface area contributed by atoms with Gasteiger partial charge in [-0.15, -0.1) is 0 Å². The van der Waals surface area contributed by atoms with Crippen LogP contribution in [0.4, 0.5) is 4.79 Å². The summed E-state index contributed by atoms with van der Waals surface area (Å²) < 4.78 is 11.6. The Labute approximate surface area is 233 Å². The number of alkyl carbamates (subject to hydrolysis) is 1. The molecule has 1 saturated carbocycles. The van der Waals surface area contributed by atoms with Crippen LogP contribution < -0.4 is 10.6 Å². The van der Waals surface area contributed by atoms with Crippen molar-refractivity contribution in [3.8, 4) is 11.1 Å². The highest BCUT2D eigenvalue weighted by atomic mass is 16.5. The van der Waals surface area contributed by atoms with Gasteiger partial charge in [-0.3, -0.25) is 9.59 Å². The molecule has 0 aromatic heterocycles. The van der Waals surface area contributed by atoms with Crippen LogP contribution >= 0.6 is 0 Å². The lowest BCUT2D eigenvalue weighted by Crippen LogP contribution is -2.64. The summed E-state index contributed by atoms with van der Waals surface area (Å²) in [6.07, 6.45) is -0.862. The highest BCUT2D eigenvalue weighted by Gasteiger charge is 2.50. The molecule has 3 unspecified atom stereocenters. The minimum Gasteiger partial charge on any atom is -0.481 e. The van der Waals surface area contributed by atoms with Crippen LogP contribution in [0.15, 0.2) is 78.9 Å². The van der Waals surface area contributed by atoms with Gasteiger partial charge in [-0.2, -0.15) is 0 Å². The van der Waals surface area contributed by atoms with E-state index in [-0.39, 0.29) is 30.1 Å². The van der Waals surface area contributed by atoms with Crippen molar-refractivity contribution in [3.63, 3.8) is 0 Å². The molecule has 0 saturated heterocycles. The van der Waals surface area contributed by atoms with E-state index in [1.54, 1.807) is 0 Å². The summed E-state index contributed by atoms with van der Waals surface area (Å²) in [5.74, 6) is -1.90. The van der Waals surface area contributed by atoms with Crippen LogP contribution in [-0.4, -0.2) is 47.9 Å². The molecule has 5 rings (SSSR count). The van der Waals surface area contributed by atoms with Crippen molar-refractivity contribution < 1.29 is 29.0 Å². The fraction of sp³-hybridized carbons (Fsp3) is 0.344. The van der Waals surface area contributed by atoms with Crippen LogP contribution in [0, 0.1) is 5.41 Å². The van der Waals surface area contributed by atoms with Crippen molar-refractivity contribution in [2.24, 2.45) is 5.41 Å². The van der Waals surface area contributed by atoms with Crippen molar-refractivity contribution in [1.82, 2.24) is 10.6 Å². The average molecular weight is 543 g/mol. The van der Waals surface area contributed by atoms with Gasteiger partial charge in [-0.25, -0.2) is 4.79 Å². The molecule has 208 valence electrons. The van der Waals surface area contributed by atoms with Crippen LogP contribution in [-0.2, 0) is 25.7 Å². The number of amides is 2. The summed E-state index contributed by atoms with van der Waals surface area (Å²) in [5, 5.41) is 14.8. The van der Waals surface area contributed by atoms with Gasteiger partial charge in [0, 0.05) is 17.4 Å². The molecule has 40 heavy (non-hydrogen) atoms.